The molecule has 1 aliphatic rings. The topological polar surface area (TPSA) is 28.5 Å². The number of carbonyl (C=O) groups excluding carboxylic acids is 1. The molecular weight excluding hydrogens is 298 g/mol. The van der Waals surface area contributed by atoms with Crippen LogP contribution in [0, 0.1) is 6.92 Å². The first-order valence-corrected chi connectivity index (χ1v) is 8.87. The predicted octanol–water partition coefficient (Wildman–Crippen LogP) is 2.94. The first-order chi connectivity index (χ1) is 11.7. The minimum atomic E-state index is 0.0675. The van der Waals surface area contributed by atoms with Crippen molar-refractivity contribution < 1.29 is 4.79 Å². The summed E-state index contributed by atoms with van der Waals surface area (Å²) in [7, 11) is 0. The van der Waals surface area contributed by atoms with Gasteiger partial charge in [0.15, 0.2) is 0 Å². The van der Waals surface area contributed by atoms with Crippen LogP contribution in [0.1, 0.15) is 30.5 Å². The number of aromatic nitrogens is 1. The number of aryl methyl sites for hydroxylation is 1. The maximum Gasteiger partial charge on any atom is 0.225 e. The fourth-order valence-electron chi connectivity index (χ4n) is 3.50. The summed E-state index contributed by atoms with van der Waals surface area (Å²) in [5.41, 5.74) is 2.47. The lowest BCUT2D eigenvalue weighted by molar-refractivity contribution is -0.133. The van der Waals surface area contributed by atoms with E-state index in [0.29, 0.717) is 6.42 Å². The van der Waals surface area contributed by atoms with Crippen LogP contribution in [0.5, 0.6) is 0 Å². The van der Waals surface area contributed by atoms with Gasteiger partial charge in [-0.2, -0.15) is 0 Å². The van der Waals surface area contributed by atoms with Crippen molar-refractivity contribution >= 4 is 5.91 Å². The number of nitrogens with zero attached hydrogens (tertiary/aromatic N) is 3. The number of rotatable bonds is 5. The normalized spacial score (nSPS) is 17.0. The number of amides is 1. The lowest BCUT2D eigenvalue weighted by Crippen LogP contribution is -2.48. The van der Waals surface area contributed by atoms with Gasteiger partial charge in [-0.25, -0.2) is 0 Å². The zero-order valence-electron chi connectivity index (χ0n) is 14.7. The van der Waals surface area contributed by atoms with Gasteiger partial charge in [0.2, 0.25) is 5.91 Å². The Labute approximate surface area is 144 Å². The molecule has 24 heavy (non-hydrogen) atoms. The van der Waals surface area contributed by atoms with E-state index in [1.807, 2.05) is 17.0 Å². The van der Waals surface area contributed by atoms with Gasteiger partial charge in [-0.15, -0.1) is 0 Å². The van der Waals surface area contributed by atoms with Gasteiger partial charge in [-0.3, -0.25) is 4.79 Å². The first-order valence-electron chi connectivity index (χ1n) is 8.87. The van der Waals surface area contributed by atoms with Gasteiger partial charge >= 0.3 is 0 Å². The van der Waals surface area contributed by atoms with E-state index in [1.54, 1.807) is 0 Å². The molecule has 4 nitrogen and oxygen atoms in total. The third-order valence-corrected chi connectivity index (χ3v) is 5.08. The van der Waals surface area contributed by atoms with E-state index >= 15 is 0 Å². The molecule has 1 aliphatic heterocycles. The lowest BCUT2D eigenvalue weighted by atomic mass is 9.98. The van der Waals surface area contributed by atoms with E-state index in [0.717, 1.165) is 32.7 Å². The van der Waals surface area contributed by atoms with E-state index in [1.165, 1.54) is 11.1 Å². The van der Waals surface area contributed by atoms with Crippen LogP contribution in [0.3, 0.4) is 0 Å². The maximum absolute atomic E-state index is 12.9. The molecule has 1 unspecified atom stereocenters. The molecule has 1 aromatic carbocycles. The fourth-order valence-corrected chi connectivity index (χ4v) is 3.50. The highest BCUT2D eigenvalue weighted by molar-refractivity contribution is 5.77. The Hall–Kier alpha value is -2.07. The summed E-state index contributed by atoms with van der Waals surface area (Å²) < 4.78 is 2.16. The van der Waals surface area contributed by atoms with Gasteiger partial charge in [0.1, 0.15) is 0 Å². The van der Waals surface area contributed by atoms with Crippen molar-refractivity contribution in [2.75, 3.05) is 32.7 Å². The monoisotopic (exact) mass is 325 g/mol. The highest BCUT2D eigenvalue weighted by atomic mass is 16.2. The Balaban J connectivity index is 1.76. The Morgan fingerprint density at radius 3 is 2.33 bits per heavy atom. The van der Waals surface area contributed by atoms with Crippen LogP contribution in [-0.2, 0) is 4.79 Å². The molecule has 2 aromatic rings. The largest absolute Gasteiger partial charge is 0.346 e. The van der Waals surface area contributed by atoms with Crippen LogP contribution < -0.4 is 0 Å². The highest BCUT2D eigenvalue weighted by Gasteiger charge is 2.25. The van der Waals surface area contributed by atoms with Crippen LogP contribution >= 0.6 is 0 Å². The fraction of sp³-hybridized carbons (Fsp3) is 0.450. The van der Waals surface area contributed by atoms with Gasteiger partial charge in [-0.1, -0.05) is 31.2 Å². The number of hydrogen-bond acceptors (Lipinski definition) is 2. The van der Waals surface area contributed by atoms with Crippen LogP contribution in [0.25, 0.3) is 0 Å². The Morgan fingerprint density at radius 2 is 1.71 bits per heavy atom. The summed E-state index contributed by atoms with van der Waals surface area (Å²) in [5.74, 6) is 0.257. The third-order valence-electron chi connectivity index (χ3n) is 5.08. The summed E-state index contributed by atoms with van der Waals surface area (Å²) in [5, 5.41) is 0. The smallest absolute Gasteiger partial charge is 0.225 e. The van der Waals surface area contributed by atoms with Crippen molar-refractivity contribution in [3.05, 3.63) is 59.9 Å². The van der Waals surface area contributed by atoms with Crippen molar-refractivity contribution in [3.8, 4) is 0 Å². The molecule has 0 N–H and O–H groups in total. The Kier molecular flexibility index (Phi) is 5.36. The second-order valence-electron chi connectivity index (χ2n) is 6.52. The van der Waals surface area contributed by atoms with E-state index in [9.17, 15) is 4.79 Å². The molecule has 1 atom stereocenters. The van der Waals surface area contributed by atoms with E-state index in [2.05, 4.69) is 60.0 Å². The molecule has 3 rings (SSSR count). The second-order valence-corrected chi connectivity index (χ2v) is 6.52. The average Bonchev–Trinajstić information content (AvgIpc) is 3.15. The standard InChI is InChI=1S/C20H27N3O/c1-3-21-12-14-23(15-13-21)20(24)16-19(22-10-6-7-11-22)18-9-5-4-8-17(18)2/h4-11,19H,3,12-16H2,1-2H3. The number of likely N-dealkylation sites (N-methyl/N-ethyl adjacent to an activating group) is 1. The van der Waals surface area contributed by atoms with Crippen molar-refractivity contribution in [2.45, 2.75) is 26.3 Å². The summed E-state index contributed by atoms with van der Waals surface area (Å²) in [6, 6.07) is 12.5. The van der Waals surface area contributed by atoms with E-state index < -0.39 is 0 Å². The zero-order valence-corrected chi connectivity index (χ0v) is 14.7. The summed E-state index contributed by atoms with van der Waals surface area (Å²) in [6.07, 6.45) is 4.63. The first kappa shape index (κ1) is 16.8. The molecule has 1 aromatic heterocycles. The third kappa shape index (κ3) is 3.70. The van der Waals surface area contributed by atoms with Crippen molar-refractivity contribution in [3.63, 3.8) is 0 Å². The predicted molar refractivity (Wildman–Crippen MR) is 97.1 cm³/mol. The van der Waals surface area contributed by atoms with Crippen molar-refractivity contribution in [2.24, 2.45) is 0 Å². The summed E-state index contributed by atoms with van der Waals surface area (Å²) in [4.78, 5) is 17.3. The van der Waals surface area contributed by atoms with Gasteiger partial charge in [-0.05, 0) is 36.7 Å². The Morgan fingerprint density at radius 1 is 1.04 bits per heavy atom. The van der Waals surface area contributed by atoms with Crippen molar-refractivity contribution in [1.29, 1.82) is 0 Å². The number of benzene rings is 1. The maximum atomic E-state index is 12.9. The minimum Gasteiger partial charge on any atom is -0.346 e. The van der Waals surface area contributed by atoms with Crippen LogP contribution in [0.15, 0.2) is 48.8 Å². The molecule has 4 heteroatoms. The summed E-state index contributed by atoms with van der Waals surface area (Å²) >= 11 is 0. The zero-order chi connectivity index (χ0) is 16.9. The highest BCUT2D eigenvalue weighted by Crippen LogP contribution is 2.26. The Bertz CT molecular complexity index is 657. The molecule has 1 saturated heterocycles. The van der Waals surface area contributed by atoms with Crippen LogP contribution in [0.2, 0.25) is 0 Å². The quantitative estimate of drug-likeness (QED) is 0.845. The van der Waals surface area contributed by atoms with Gasteiger partial charge in [0.25, 0.3) is 0 Å². The van der Waals surface area contributed by atoms with E-state index in [4.69, 9.17) is 0 Å². The van der Waals surface area contributed by atoms with Gasteiger partial charge in [0.05, 0.1) is 12.5 Å². The number of hydrogen-bond donors (Lipinski definition) is 0. The molecule has 1 amide bonds. The molecule has 0 saturated carbocycles. The van der Waals surface area contributed by atoms with Crippen LogP contribution in [-0.4, -0.2) is 53.0 Å². The SMILES string of the molecule is CCN1CCN(C(=O)CC(c2ccccc2C)n2cccc2)CC1. The molecule has 0 aliphatic carbocycles. The number of piperazine rings is 1. The average molecular weight is 325 g/mol. The molecule has 2 heterocycles. The lowest BCUT2D eigenvalue weighted by Gasteiger charge is -2.35. The second kappa shape index (κ2) is 7.67. The van der Waals surface area contributed by atoms with E-state index in [-0.39, 0.29) is 11.9 Å². The minimum absolute atomic E-state index is 0.0675. The van der Waals surface area contributed by atoms with Gasteiger partial charge in [0, 0.05) is 38.6 Å². The number of carbonyl (C=O) groups is 1. The molecular formula is C20H27N3O. The molecule has 0 bridgehead atoms. The van der Waals surface area contributed by atoms with Gasteiger partial charge < -0.3 is 14.4 Å². The molecule has 1 fully saturated rings. The molecule has 0 radical (unpaired) electrons. The van der Waals surface area contributed by atoms with Crippen molar-refractivity contribution in [1.82, 2.24) is 14.4 Å². The molecule has 128 valence electrons. The molecule has 0 spiro atoms. The summed E-state index contributed by atoms with van der Waals surface area (Å²) in [6.45, 7) is 9.03. The van der Waals surface area contributed by atoms with Crippen LogP contribution in [0.4, 0.5) is 0 Å².